The minimum Gasteiger partial charge on any atom is -0.338 e. The van der Waals surface area contributed by atoms with Gasteiger partial charge in [0.2, 0.25) is 0 Å². The van der Waals surface area contributed by atoms with Crippen LogP contribution in [0.4, 0.5) is 9.18 Å². The number of carbonyl (C=O) groups excluding carboxylic acids is 1. The summed E-state index contributed by atoms with van der Waals surface area (Å²) < 4.78 is 13.4. The number of nitrogens with one attached hydrogen (secondary N) is 1. The fraction of sp³-hybridized carbons (Fsp3) is 0.533. The average molecular weight is 264 g/mol. The Morgan fingerprint density at radius 1 is 1.37 bits per heavy atom. The van der Waals surface area contributed by atoms with Gasteiger partial charge in [-0.3, -0.25) is 0 Å². The average Bonchev–Trinajstić information content (AvgIpc) is 2.41. The highest BCUT2D eigenvalue weighted by Crippen LogP contribution is 2.15. The molecule has 1 aliphatic rings. The molecule has 1 aliphatic heterocycles. The Hall–Kier alpha value is -1.58. The second kappa shape index (κ2) is 6.55. The van der Waals surface area contributed by atoms with Crippen molar-refractivity contribution in [1.29, 1.82) is 0 Å². The Labute approximate surface area is 113 Å². The van der Waals surface area contributed by atoms with Crippen LogP contribution in [0.15, 0.2) is 24.3 Å². The van der Waals surface area contributed by atoms with Gasteiger partial charge in [0.1, 0.15) is 5.82 Å². The lowest BCUT2D eigenvalue weighted by Gasteiger charge is -2.30. The topological polar surface area (TPSA) is 32.3 Å². The highest BCUT2D eigenvalue weighted by atomic mass is 19.1. The van der Waals surface area contributed by atoms with Gasteiger partial charge >= 0.3 is 6.03 Å². The summed E-state index contributed by atoms with van der Waals surface area (Å²) in [6.07, 6.45) is 2.67. The van der Waals surface area contributed by atoms with E-state index in [-0.39, 0.29) is 11.8 Å². The van der Waals surface area contributed by atoms with E-state index in [1.807, 2.05) is 11.0 Å². The number of halogens is 1. The van der Waals surface area contributed by atoms with Crippen molar-refractivity contribution in [2.75, 3.05) is 19.6 Å². The molecule has 0 bridgehead atoms. The van der Waals surface area contributed by atoms with E-state index in [2.05, 4.69) is 12.2 Å². The monoisotopic (exact) mass is 264 g/mol. The molecule has 1 fully saturated rings. The van der Waals surface area contributed by atoms with E-state index in [1.165, 1.54) is 6.07 Å². The third-order valence-corrected chi connectivity index (χ3v) is 3.70. The molecule has 2 rings (SSSR count). The van der Waals surface area contributed by atoms with E-state index in [1.54, 1.807) is 12.1 Å². The summed E-state index contributed by atoms with van der Waals surface area (Å²) in [6.45, 7) is 4.35. The van der Waals surface area contributed by atoms with Gasteiger partial charge in [0.25, 0.3) is 0 Å². The third kappa shape index (κ3) is 3.94. The first-order valence-electron chi connectivity index (χ1n) is 6.93. The van der Waals surface area contributed by atoms with Gasteiger partial charge in [-0.25, -0.2) is 9.18 Å². The second-order valence-corrected chi connectivity index (χ2v) is 5.24. The molecular weight excluding hydrogens is 243 g/mol. The maximum atomic E-state index is 13.4. The first kappa shape index (κ1) is 13.8. The molecule has 0 aromatic heterocycles. The van der Waals surface area contributed by atoms with Crippen LogP contribution in [0.5, 0.6) is 0 Å². The predicted molar refractivity (Wildman–Crippen MR) is 73.5 cm³/mol. The minimum atomic E-state index is -0.205. The van der Waals surface area contributed by atoms with Crippen molar-refractivity contribution in [3.8, 4) is 0 Å². The zero-order valence-corrected chi connectivity index (χ0v) is 11.4. The first-order valence-corrected chi connectivity index (χ1v) is 6.93. The van der Waals surface area contributed by atoms with E-state index >= 15 is 0 Å². The summed E-state index contributed by atoms with van der Waals surface area (Å²) in [5.41, 5.74) is 0.648. The summed E-state index contributed by atoms with van der Waals surface area (Å²) in [6, 6.07) is 6.66. The van der Waals surface area contributed by atoms with Crippen molar-refractivity contribution < 1.29 is 9.18 Å². The molecule has 0 aliphatic carbocycles. The van der Waals surface area contributed by atoms with Gasteiger partial charge in [-0.2, -0.15) is 0 Å². The molecule has 104 valence electrons. The van der Waals surface area contributed by atoms with Crippen LogP contribution < -0.4 is 5.32 Å². The lowest BCUT2D eigenvalue weighted by atomic mass is 10.00. The summed E-state index contributed by atoms with van der Waals surface area (Å²) in [5.74, 6) is 0.506. The number of nitrogens with zero attached hydrogens (tertiary/aromatic N) is 1. The summed E-state index contributed by atoms with van der Waals surface area (Å²) in [7, 11) is 0. The molecule has 0 radical (unpaired) electrons. The number of likely N-dealkylation sites (tertiary alicyclic amines) is 1. The van der Waals surface area contributed by atoms with Crippen LogP contribution >= 0.6 is 0 Å². The molecule has 4 heteroatoms. The molecule has 0 spiro atoms. The van der Waals surface area contributed by atoms with Crippen molar-refractivity contribution in [1.82, 2.24) is 10.2 Å². The van der Waals surface area contributed by atoms with Crippen LogP contribution in [-0.2, 0) is 6.42 Å². The molecule has 1 saturated heterocycles. The van der Waals surface area contributed by atoms with E-state index in [9.17, 15) is 9.18 Å². The molecule has 1 N–H and O–H groups in total. The van der Waals surface area contributed by atoms with Gasteiger partial charge in [0.15, 0.2) is 0 Å². The minimum absolute atomic E-state index is 0.0248. The quantitative estimate of drug-likeness (QED) is 0.894. The normalized spacial score (nSPS) is 16.4. The Kier molecular flexibility index (Phi) is 4.77. The highest BCUT2D eigenvalue weighted by molar-refractivity contribution is 5.74. The van der Waals surface area contributed by atoms with Crippen molar-refractivity contribution in [2.45, 2.75) is 26.2 Å². The second-order valence-electron chi connectivity index (χ2n) is 5.24. The number of carbonyl (C=O) groups is 1. The Balaban J connectivity index is 1.74. The maximum absolute atomic E-state index is 13.4. The molecule has 0 saturated carbocycles. The lowest BCUT2D eigenvalue weighted by molar-refractivity contribution is 0.174. The Morgan fingerprint density at radius 2 is 2.05 bits per heavy atom. The number of rotatable bonds is 3. The van der Waals surface area contributed by atoms with Gasteiger partial charge < -0.3 is 10.2 Å². The molecule has 0 atom stereocenters. The summed E-state index contributed by atoms with van der Waals surface area (Å²) in [5, 5.41) is 2.86. The highest BCUT2D eigenvalue weighted by Gasteiger charge is 2.19. The number of piperidine rings is 1. The van der Waals surface area contributed by atoms with Gasteiger partial charge in [-0.05, 0) is 36.8 Å². The first-order chi connectivity index (χ1) is 9.16. The van der Waals surface area contributed by atoms with Crippen LogP contribution in [0.3, 0.4) is 0 Å². The van der Waals surface area contributed by atoms with E-state index in [0.717, 1.165) is 25.9 Å². The van der Waals surface area contributed by atoms with Crippen LogP contribution in [-0.4, -0.2) is 30.6 Å². The largest absolute Gasteiger partial charge is 0.338 e. The molecule has 1 aromatic rings. The van der Waals surface area contributed by atoms with Crippen molar-refractivity contribution in [3.63, 3.8) is 0 Å². The van der Waals surface area contributed by atoms with Crippen LogP contribution in [0.25, 0.3) is 0 Å². The zero-order chi connectivity index (χ0) is 13.7. The van der Waals surface area contributed by atoms with Gasteiger partial charge in [-0.15, -0.1) is 0 Å². The zero-order valence-electron chi connectivity index (χ0n) is 11.4. The molecule has 3 nitrogen and oxygen atoms in total. The number of hydrogen-bond donors (Lipinski definition) is 1. The van der Waals surface area contributed by atoms with Gasteiger partial charge in [0, 0.05) is 19.6 Å². The van der Waals surface area contributed by atoms with Gasteiger partial charge in [-0.1, -0.05) is 25.1 Å². The molecule has 2 amide bonds. The molecule has 1 heterocycles. The van der Waals surface area contributed by atoms with Crippen molar-refractivity contribution >= 4 is 6.03 Å². The molecular formula is C15H21FN2O. The fourth-order valence-electron chi connectivity index (χ4n) is 2.33. The summed E-state index contributed by atoms with van der Waals surface area (Å²) in [4.78, 5) is 13.7. The summed E-state index contributed by atoms with van der Waals surface area (Å²) >= 11 is 0. The number of urea groups is 1. The van der Waals surface area contributed by atoms with E-state index in [0.29, 0.717) is 24.4 Å². The number of benzene rings is 1. The number of hydrogen-bond acceptors (Lipinski definition) is 1. The predicted octanol–water partition coefficient (Wildman–Crippen LogP) is 2.81. The Morgan fingerprint density at radius 3 is 2.74 bits per heavy atom. The van der Waals surface area contributed by atoms with Crippen LogP contribution in [0, 0.1) is 11.7 Å². The number of amides is 2. The molecule has 0 unspecified atom stereocenters. The molecule has 1 aromatic carbocycles. The van der Waals surface area contributed by atoms with Crippen molar-refractivity contribution in [2.24, 2.45) is 5.92 Å². The van der Waals surface area contributed by atoms with Crippen molar-refractivity contribution in [3.05, 3.63) is 35.6 Å². The van der Waals surface area contributed by atoms with E-state index < -0.39 is 0 Å². The van der Waals surface area contributed by atoms with Crippen LogP contribution in [0.1, 0.15) is 25.3 Å². The molecule has 19 heavy (non-hydrogen) atoms. The fourth-order valence-corrected chi connectivity index (χ4v) is 2.33. The van der Waals surface area contributed by atoms with Gasteiger partial charge in [0.05, 0.1) is 0 Å². The lowest BCUT2D eigenvalue weighted by Crippen LogP contribution is -2.44. The smallest absolute Gasteiger partial charge is 0.317 e. The third-order valence-electron chi connectivity index (χ3n) is 3.70. The maximum Gasteiger partial charge on any atom is 0.317 e. The SMILES string of the molecule is CC1CCN(C(=O)NCCc2ccccc2F)CC1. The Bertz CT molecular complexity index is 428. The van der Waals surface area contributed by atoms with Crippen LogP contribution in [0.2, 0.25) is 0 Å². The standard InChI is InChI=1S/C15H21FN2O/c1-12-7-10-18(11-8-12)15(19)17-9-6-13-4-2-3-5-14(13)16/h2-5,12H,6-11H2,1H3,(H,17,19). The van der Waals surface area contributed by atoms with E-state index in [4.69, 9.17) is 0 Å².